The van der Waals surface area contributed by atoms with Gasteiger partial charge >= 0.3 is 0 Å². The highest BCUT2D eigenvalue weighted by molar-refractivity contribution is 5.99. The summed E-state index contributed by atoms with van der Waals surface area (Å²) in [7, 11) is 0. The number of ether oxygens (including phenoxy) is 2. The lowest BCUT2D eigenvalue weighted by molar-refractivity contribution is 0.0975. The molecule has 4 aromatic carbocycles. The molecule has 0 N–H and O–H groups in total. The Morgan fingerprint density at radius 3 is 1.55 bits per heavy atom. The molecule has 0 radical (unpaired) electrons. The van der Waals surface area contributed by atoms with Crippen LogP contribution < -0.4 is 9.47 Å². The van der Waals surface area contributed by atoms with Gasteiger partial charge in [-0.2, -0.15) is 0 Å². The van der Waals surface area contributed by atoms with Crippen LogP contribution in [0.2, 0.25) is 0 Å². The molecule has 44 heavy (non-hydrogen) atoms. The van der Waals surface area contributed by atoms with Gasteiger partial charge in [0.2, 0.25) is 0 Å². The van der Waals surface area contributed by atoms with Crippen LogP contribution in [0.25, 0.3) is 32.7 Å². The maximum atomic E-state index is 7.15. The van der Waals surface area contributed by atoms with E-state index in [9.17, 15) is 0 Å². The molecule has 2 aliphatic rings. The molecular formula is C42H54O2. The third-order valence-corrected chi connectivity index (χ3v) is 10.7. The smallest absolute Gasteiger partial charge is 0.131 e. The summed E-state index contributed by atoms with van der Waals surface area (Å²) in [6.45, 7) is 8.42. The minimum atomic E-state index is 0.404. The van der Waals surface area contributed by atoms with E-state index >= 15 is 0 Å². The van der Waals surface area contributed by atoms with E-state index in [0.29, 0.717) is 11.8 Å². The van der Waals surface area contributed by atoms with Crippen LogP contribution in [0.1, 0.15) is 109 Å². The van der Waals surface area contributed by atoms with Crippen molar-refractivity contribution in [3.8, 4) is 22.6 Å². The highest BCUT2D eigenvalue weighted by Gasteiger charge is 2.32. The first-order chi connectivity index (χ1) is 21.7. The van der Waals surface area contributed by atoms with E-state index in [2.05, 4.69) is 81.4 Å². The van der Waals surface area contributed by atoms with Gasteiger partial charge < -0.3 is 9.47 Å². The molecule has 0 atom stereocenters. The van der Waals surface area contributed by atoms with Crippen molar-refractivity contribution in [2.45, 2.75) is 111 Å². The average molecular weight is 591 g/mol. The Labute approximate surface area is 266 Å². The first-order valence-corrected chi connectivity index (χ1v) is 18.1. The quantitative estimate of drug-likeness (QED) is 0.162. The molecule has 0 unspecified atom stereocenters. The third-order valence-electron chi connectivity index (χ3n) is 10.7. The Balaban J connectivity index is 1.51. The van der Waals surface area contributed by atoms with E-state index < -0.39 is 0 Å². The molecule has 6 rings (SSSR count). The van der Waals surface area contributed by atoms with Crippen molar-refractivity contribution >= 4 is 21.5 Å². The average Bonchev–Trinajstić information content (AvgIpc) is 3.13. The highest BCUT2D eigenvalue weighted by Crippen LogP contribution is 2.48. The van der Waals surface area contributed by atoms with E-state index in [1.54, 1.807) is 0 Å². The Kier molecular flexibility index (Phi) is 10.5. The van der Waals surface area contributed by atoms with Crippen molar-refractivity contribution < 1.29 is 9.47 Å². The summed E-state index contributed by atoms with van der Waals surface area (Å²) < 4.78 is 14.3. The van der Waals surface area contributed by atoms with Gasteiger partial charge in [-0.05, 0) is 84.0 Å². The van der Waals surface area contributed by atoms with Gasteiger partial charge in [0.25, 0.3) is 0 Å². The van der Waals surface area contributed by atoms with Gasteiger partial charge in [-0.25, -0.2) is 0 Å². The SMILES string of the molecule is CCCCCc1c2c(cc3ccccc13)-c1cc3ccccc3c(CCCCC)c1OCC(C1CCC(CCC)CC1)CO2. The molecule has 2 nitrogen and oxygen atoms in total. The predicted molar refractivity (Wildman–Crippen MR) is 188 cm³/mol. The summed E-state index contributed by atoms with van der Waals surface area (Å²) in [5, 5.41) is 5.31. The molecule has 234 valence electrons. The fourth-order valence-corrected chi connectivity index (χ4v) is 8.19. The summed E-state index contributed by atoms with van der Waals surface area (Å²) in [6, 6.07) is 22.7. The first kappa shape index (κ1) is 31.0. The van der Waals surface area contributed by atoms with Crippen molar-refractivity contribution in [1.82, 2.24) is 0 Å². The Bertz CT molecular complexity index is 1420. The molecule has 2 heteroatoms. The van der Waals surface area contributed by atoms with Crippen molar-refractivity contribution in [2.24, 2.45) is 17.8 Å². The van der Waals surface area contributed by atoms with Gasteiger partial charge in [0, 0.05) is 28.2 Å². The largest absolute Gasteiger partial charge is 0.492 e. The number of benzene rings is 4. The van der Waals surface area contributed by atoms with Gasteiger partial charge in [-0.3, -0.25) is 0 Å². The zero-order valence-electron chi connectivity index (χ0n) is 27.6. The summed E-state index contributed by atoms with van der Waals surface area (Å²) in [4.78, 5) is 0. The van der Waals surface area contributed by atoms with E-state index in [0.717, 1.165) is 43.5 Å². The maximum absolute atomic E-state index is 7.15. The van der Waals surface area contributed by atoms with Crippen LogP contribution >= 0.6 is 0 Å². The van der Waals surface area contributed by atoms with E-state index in [1.165, 1.54) is 121 Å². The van der Waals surface area contributed by atoms with E-state index in [1.807, 2.05) is 0 Å². The third kappa shape index (κ3) is 6.65. The van der Waals surface area contributed by atoms with Crippen molar-refractivity contribution in [1.29, 1.82) is 0 Å². The summed E-state index contributed by atoms with van der Waals surface area (Å²) in [5.41, 5.74) is 5.23. The van der Waals surface area contributed by atoms with Crippen LogP contribution in [-0.2, 0) is 12.8 Å². The summed E-state index contributed by atoms with van der Waals surface area (Å²) in [5.74, 6) is 4.21. The van der Waals surface area contributed by atoms with Crippen LogP contribution in [0, 0.1) is 17.8 Å². The van der Waals surface area contributed by atoms with E-state index in [-0.39, 0.29) is 0 Å². The number of rotatable bonds is 11. The molecule has 1 heterocycles. The molecule has 1 aliphatic carbocycles. The zero-order chi connectivity index (χ0) is 30.3. The van der Waals surface area contributed by atoms with Crippen LogP contribution in [0.4, 0.5) is 0 Å². The van der Waals surface area contributed by atoms with Gasteiger partial charge in [0.1, 0.15) is 11.5 Å². The number of hydrogen-bond acceptors (Lipinski definition) is 2. The molecule has 0 amide bonds. The van der Waals surface area contributed by atoms with Crippen LogP contribution in [0.3, 0.4) is 0 Å². The molecule has 0 saturated heterocycles. The van der Waals surface area contributed by atoms with Gasteiger partial charge in [-0.1, -0.05) is 121 Å². The Morgan fingerprint density at radius 2 is 1.07 bits per heavy atom. The van der Waals surface area contributed by atoms with Crippen LogP contribution in [0.5, 0.6) is 11.5 Å². The summed E-state index contributed by atoms with van der Waals surface area (Å²) >= 11 is 0. The highest BCUT2D eigenvalue weighted by atomic mass is 16.5. The van der Waals surface area contributed by atoms with Crippen molar-refractivity contribution in [2.75, 3.05) is 13.2 Å². The lowest BCUT2D eigenvalue weighted by Gasteiger charge is -2.34. The fourth-order valence-electron chi connectivity index (χ4n) is 8.19. The Morgan fingerprint density at radius 1 is 0.568 bits per heavy atom. The summed E-state index contributed by atoms with van der Waals surface area (Å²) in [6.07, 6.45) is 17.5. The number of aryl methyl sites for hydroxylation is 2. The first-order valence-electron chi connectivity index (χ1n) is 18.1. The number of fused-ring (bicyclic) bond motifs is 5. The second-order valence-corrected chi connectivity index (χ2v) is 13.8. The standard InChI is InChI=1S/C42H54O2/c1-4-7-9-20-37-35-18-13-11-16-32(35)26-39-40-27-33-17-12-14-19-36(33)38(21-10-8-5-2)42(40)44-29-34(28-43-41(37)39)31-24-22-30(15-6-3)23-25-31/h11-14,16-19,26-27,30-31,34H,4-10,15,20-25,28-29H2,1-3H3. The Hall–Kier alpha value is -3.00. The van der Waals surface area contributed by atoms with Crippen LogP contribution in [0.15, 0.2) is 60.7 Å². The van der Waals surface area contributed by atoms with Crippen molar-refractivity contribution in [3.05, 3.63) is 71.8 Å². The van der Waals surface area contributed by atoms with Crippen molar-refractivity contribution in [3.63, 3.8) is 0 Å². The monoisotopic (exact) mass is 590 g/mol. The number of hydrogen-bond donors (Lipinski definition) is 0. The van der Waals surface area contributed by atoms with Crippen LogP contribution in [-0.4, -0.2) is 13.2 Å². The molecule has 0 aromatic heterocycles. The predicted octanol–water partition coefficient (Wildman–Crippen LogP) is 12.1. The molecule has 1 aliphatic heterocycles. The molecular weight excluding hydrogens is 536 g/mol. The molecule has 0 spiro atoms. The topological polar surface area (TPSA) is 18.5 Å². The molecule has 1 saturated carbocycles. The molecule has 0 bridgehead atoms. The fraction of sp³-hybridized carbons (Fsp3) is 0.524. The molecule has 1 fully saturated rings. The van der Waals surface area contributed by atoms with Gasteiger partial charge in [0.15, 0.2) is 0 Å². The lowest BCUT2D eigenvalue weighted by atomic mass is 9.75. The zero-order valence-corrected chi connectivity index (χ0v) is 27.6. The van der Waals surface area contributed by atoms with Gasteiger partial charge in [0.05, 0.1) is 13.2 Å². The normalized spacial score (nSPS) is 19.0. The minimum Gasteiger partial charge on any atom is -0.492 e. The second kappa shape index (κ2) is 14.9. The van der Waals surface area contributed by atoms with Gasteiger partial charge in [-0.15, -0.1) is 0 Å². The van der Waals surface area contributed by atoms with E-state index in [4.69, 9.17) is 9.47 Å². The lowest BCUT2D eigenvalue weighted by Crippen LogP contribution is -2.31. The second-order valence-electron chi connectivity index (χ2n) is 13.8. The molecule has 4 aromatic rings. The number of unbranched alkanes of at least 4 members (excludes halogenated alkanes) is 4. The minimum absolute atomic E-state index is 0.404. The maximum Gasteiger partial charge on any atom is 0.131 e.